The lowest BCUT2D eigenvalue weighted by atomic mass is 10.2. The number of thioether (sulfide) groups is 1. The van der Waals surface area contributed by atoms with Crippen LogP contribution >= 0.6 is 35.3 Å². The SMILES string of the molecule is S=c1nc2ccccc2c2nc(CSc3nc4ccccc4s3)[nH]n12. The number of H-pyrrole nitrogens is 1. The van der Waals surface area contributed by atoms with Crippen LogP contribution in [0.1, 0.15) is 5.82 Å². The van der Waals surface area contributed by atoms with Gasteiger partial charge < -0.3 is 0 Å². The summed E-state index contributed by atoms with van der Waals surface area (Å²) in [6.07, 6.45) is 0. The minimum absolute atomic E-state index is 0.484. The van der Waals surface area contributed by atoms with Crippen LogP contribution in [0.4, 0.5) is 0 Å². The lowest BCUT2D eigenvalue weighted by Crippen LogP contribution is -1.94. The van der Waals surface area contributed by atoms with E-state index in [9.17, 15) is 0 Å². The molecule has 2 aromatic carbocycles. The van der Waals surface area contributed by atoms with Gasteiger partial charge in [-0.3, -0.25) is 5.10 Å². The van der Waals surface area contributed by atoms with E-state index in [0.29, 0.717) is 10.5 Å². The Labute approximate surface area is 155 Å². The molecule has 5 rings (SSSR count). The predicted octanol–water partition coefficient (Wildman–Crippen LogP) is 4.84. The van der Waals surface area contributed by atoms with Gasteiger partial charge in [0, 0.05) is 5.39 Å². The van der Waals surface area contributed by atoms with Gasteiger partial charge in [0.2, 0.25) is 4.77 Å². The number of nitrogens with one attached hydrogen (secondary N) is 1. The van der Waals surface area contributed by atoms with Gasteiger partial charge in [-0.1, -0.05) is 36.0 Å². The zero-order valence-corrected chi connectivity index (χ0v) is 15.3. The monoisotopic (exact) mass is 381 g/mol. The number of fused-ring (bicyclic) bond motifs is 4. The Morgan fingerprint density at radius 2 is 1.80 bits per heavy atom. The molecule has 0 fully saturated rings. The Morgan fingerprint density at radius 3 is 2.68 bits per heavy atom. The van der Waals surface area contributed by atoms with Crippen LogP contribution < -0.4 is 0 Å². The first-order chi connectivity index (χ1) is 12.3. The molecule has 0 atom stereocenters. The lowest BCUT2D eigenvalue weighted by Gasteiger charge is -1.98. The maximum Gasteiger partial charge on any atom is 0.221 e. The highest BCUT2D eigenvalue weighted by Crippen LogP contribution is 2.31. The molecule has 0 aliphatic heterocycles. The van der Waals surface area contributed by atoms with Crippen LogP contribution in [0.5, 0.6) is 0 Å². The Hall–Kier alpha value is -2.29. The van der Waals surface area contributed by atoms with Crippen molar-refractivity contribution in [1.29, 1.82) is 0 Å². The van der Waals surface area contributed by atoms with Gasteiger partial charge in [-0.05, 0) is 36.5 Å². The van der Waals surface area contributed by atoms with E-state index in [2.05, 4.69) is 21.1 Å². The molecule has 1 N–H and O–H groups in total. The average Bonchev–Trinajstić information content (AvgIpc) is 3.24. The highest BCUT2D eigenvalue weighted by Gasteiger charge is 2.10. The number of thiazole rings is 1. The highest BCUT2D eigenvalue weighted by molar-refractivity contribution is 8.00. The molecule has 3 heterocycles. The Balaban J connectivity index is 1.51. The summed E-state index contributed by atoms with van der Waals surface area (Å²) in [4.78, 5) is 13.8. The molecule has 0 amide bonds. The number of hydrogen-bond acceptors (Lipinski definition) is 6. The summed E-state index contributed by atoms with van der Waals surface area (Å²) in [6, 6.07) is 16.1. The normalized spacial score (nSPS) is 11.7. The van der Waals surface area contributed by atoms with Crippen LogP contribution in [0, 0.1) is 4.77 Å². The number of nitrogens with zero attached hydrogens (tertiary/aromatic N) is 4. The molecule has 0 unspecified atom stereocenters. The van der Waals surface area contributed by atoms with E-state index in [1.54, 1.807) is 27.6 Å². The van der Waals surface area contributed by atoms with Crippen molar-refractivity contribution in [2.45, 2.75) is 10.1 Å². The molecule has 122 valence electrons. The second-order valence-corrected chi connectivity index (χ2v) is 8.10. The zero-order valence-electron chi connectivity index (χ0n) is 12.8. The van der Waals surface area contributed by atoms with E-state index in [0.717, 1.165) is 32.2 Å². The first kappa shape index (κ1) is 15.0. The van der Waals surface area contributed by atoms with Crippen LogP contribution in [0.3, 0.4) is 0 Å². The third kappa shape index (κ3) is 2.62. The van der Waals surface area contributed by atoms with Gasteiger partial charge in [-0.25, -0.2) is 19.5 Å². The maximum absolute atomic E-state index is 5.38. The van der Waals surface area contributed by atoms with Crippen LogP contribution in [0.25, 0.3) is 26.8 Å². The van der Waals surface area contributed by atoms with Crippen LogP contribution in [-0.2, 0) is 5.75 Å². The molecular formula is C17H11N5S3. The molecule has 0 spiro atoms. The topological polar surface area (TPSA) is 58.9 Å². The first-order valence-electron chi connectivity index (χ1n) is 7.63. The number of aromatic nitrogens is 5. The first-order valence-corrected chi connectivity index (χ1v) is 9.84. The fourth-order valence-corrected chi connectivity index (χ4v) is 4.89. The summed E-state index contributed by atoms with van der Waals surface area (Å²) in [6.45, 7) is 0. The van der Waals surface area contributed by atoms with Crippen LogP contribution in [0.15, 0.2) is 52.9 Å². The lowest BCUT2D eigenvalue weighted by molar-refractivity contribution is 0.887. The standard InChI is InChI=1S/C17H11N5S3/c23-16-18-11-6-2-1-5-10(11)15-20-14(21-22(15)16)9-24-17-19-12-7-3-4-8-13(12)25-17/h1-8H,9H2,(H,20,21). The third-order valence-corrected chi connectivity index (χ3v) is 6.32. The van der Waals surface area contributed by atoms with Gasteiger partial charge in [-0.15, -0.1) is 11.3 Å². The van der Waals surface area contributed by atoms with Crippen molar-refractivity contribution in [3.63, 3.8) is 0 Å². The molecule has 0 bridgehead atoms. The quantitative estimate of drug-likeness (QED) is 0.358. The van der Waals surface area contributed by atoms with Crippen molar-refractivity contribution in [2.75, 3.05) is 0 Å². The average molecular weight is 382 g/mol. The highest BCUT2D eigenvalue weighted by atomic mass is 32.2. The van der Waals surface area contributed by atoms with E-state index < -0.39 is 0 Å². The van der Waals surface area contributed by atoms with E-state index >= 15 is 0 Å². The summed E-state index contributed by atoms with van der Waals surface area (Å²) >= 11 is 8.75. The zero-order chi connectivity index (χ0) is 16.8. The Bertz CT molecular complexity index is 1250. The molecule has 0 radical (unpaired) electrons. The Kier molecular flexibility index (Phi) is 3.54. The Morgan fingerprint density at radius 1 is 1.00 bits per heavy atom. The van der Waals surface area contributed by atoms with E-state index in [1.165, 1.54) is 4.70 Å². The molecule has 5 nitrogen and oxygen atoms in total. The summed E-state index contributed by atoms with van der Waals surface area (Å²) in [5.41, 5.74) is 2.72. The summed E-state index contributed by atoms with van der Waals surface area (Å²) in [7, 11) is 0. The summed E-state index contributed by atoms with van der Waals surface area (Å²) in [5, 5.41) is 4.24. The summed E-state index contributed by atoms with van der Waals surface area (Å²) < 4.78 is 4.49. The molecule has 8 heteroatoms. The fourth-order valence-electron chi connectivity index (χ4n) is 2.72. The number of para-hydroxylation sites is 2. The van der Waals surface area contributed by atoms with Crippen LogP contribution in [-0.4, -0.2) is 24.6 Å². The van der Waals surface area contributed by atoms with Crippen molar-refractivity contribution < 1.29 is 0 Å². The maximum atomic E-state index is 5.38. The second kappa shape index (κ2) is 5.91. The molecule has 25 heavy (non-hydrogen) atoms. The largest absolute Gasteiger partial charge is 0.276 e. The second-order valence-electron chi connectivity index (χ2n) is 5.48. The molecule has 5 aromatic rings. The smallest absolute Gasteiger partial charge is 0.221 e. The molecule has 0 aliphatic rings. The van der Waals surface area contributed by atoms with Gasteiger partial charge >= 0.3 is 0 Å². The number of rotatable bonds is 3. The van der Waals surface area contributed by atoms with Gasteiger partial charge in [0.1, 0.15) is 5.82 Å². The fraction of sp³-hybridized carbons (Fsp3) is 0.0588. The van der Waals surface area contributed by atoms with Gasteiger partial charge in [0.05, 0.1) is 21.5 Å². The van der Waals surface area contributed by atoms with Crippen molar-refractivity contribution in [1.82, 2.24) is 24.6 Å². The number of aromatic amines is 1. The van der Waals surface area contributed by atoms with E-state index in [4.69, 9.17) is 17.2 Å². The van der Waals surface area contributed by atoms with Crippen molar-refractivity contribution in [3.8, 4) is 0 Å². The van der Waals surface area contributed by atoms with Gasteiger partial charge in [0.25, 0.3) is 0 Å². The number of hydrogen-bond donors (Lipinski definition) is 1. The van der Waals surface area contributed by atoms with E-state index in [1.807, 2.05) is 42.5 Å². The molecule has 0 aliphatic carbocycles. The minimum atomic E-state index is 0.484. The van der Waals surface area contributed by atoms with Crippen molar-refractivity contribution in [2.24, 2.45) is 0 Å². The molecule has 3 aromatic heterocycles. The molecule has 0 saturated heterocycles. The van der Waals surface area contributed by atoms with E-state index in [-0.39, 0.29) is 0 Å². The molecular weight excluding hydrogens is 370 g/mol. The number of benzene rings is 2. The van der Waals surface area contributed by atoms with Crippen LogP contribution in [0.2, 0.25) is 0 Å². The van der Waals surface area contributed by atoms with Crippen molar-refractivity contribution in [3.05, 3.63) is 59.1 Å². The molecule has 0 saturated carbocycles. The predicted molar refractivity (Wildman–Crippen MR) is 105 cm³/mol. The van der Waals surface area contributed by atoms with Crippen molar-refractivity contribution >= 4 is 62.1 Å². The van der Waals surface area contributed by atoms with Gasteiger partial charge in [0.15, 0.2) is 9.99 Å². The summed E-state index contributed by atoms with van der Waals surface area (Å²) in [5.74, 6) is 1.55. The minimum Gasteiger partial charge on any atom is -0.276 e. The third-order valence-electron chi connectivity index (χ3n) is 3.85. The van der Waals surface area contributed by atoms with Gasteiger partial charge in [-0.2, -0.15) is 0 Å².